The molecular weight excluding hydrogens is 238 g/mol. The van der Waals surface area contributed by atoms with E-state index >= 15 is 0 Å². The maximum absolute atomic E-state index is 5.29. The summed E-state index contributed by atoms with van der Waals surface area (Å²) < 4.78 is 5.29. The Bertz CT molecular complexity index is 520. The van der Waals surface area contributed by atoms with Gasteiger partial charge in [-0.3, -0.25) is 0 Å². The summed E-state index contributed by atoms with van der Waals surface area (Å²) in [5.74, 6) is 1.40. The highest BCUT2D eigenvalue weighted by Gasteiger charge is 2.09. The molecule has 4 heteroatoms. The van der Waals surface area contributed by atoms with Crippen LogP contribution >= 0.6 is 0 Å². The first-order chi connectivity index (χ1) is 9.16. The number of hydrogen-bond acceptors (Lipinski definition) is 4. The van der Waals surface area contributed by atoms with E-state index in [0.717, 1.165) is 30.5 Å². The summed E-state index contributed by atoms with van der Waals surface area (Å²) >= 11 is 0. The summed E-state index contributed by atoms with van der Waals surface area (Å²) in [6.07, 6.45) is 1.83. The monoisotopic (exact) mass is 259 g/mol. The Morgan fingerprint density at radius 2 is 2.05 bits per heavy atom. The van der Waals surface area contributed by atoms with Gasteiger partial charge in [0.25, 0.3) is 0 Å². The highest BCUT2D eigenvalue weighted by atomic mass is 16.5. The van der Waals surface area contributed by atoms with E-state index in [0.29, 0.717) is 17.8 Å². The molecule has 0 radical (unpaired) electrons. The summed E-state index contributed by atoms with van der Waals surface area (Å²) in [7, 11) is 0. The molecule has 0 aliphatic heterocycles. The Kier molecular flexibility index (Phi) is 4.68. The second-order valence-corrected chi connectivity index (χ2v) is 5.04. The van der Waals surface area contributed by atoms with Crippen LogP contribution in [0.15, 0.2) is 28.8 Å². The normalized spacial score (nSPS) is 11.2. The van der Waals surface area contributed by atoms with Gasteiger partial charge in [0.2, 0.25) is 11.7 Å². The Balaban J connectivity index is 1.94. The van der Waals surface area contributed by atoms with Gasteiger partial charge in [0, 0.05) is 18.0 Å². The Morgan fingerprint density at radius 1 is 1.26 bits per heavy atom. The first-order valence-electron chi connectivity index (χ1n) is 6.79. The molecule has 0 saturated heterocycles. The third-order valence-corrected chi connectivity index (χ3v) is 2.97. The summed E-state index contributed by atoms with van der Waals surface area (Å²) in [5.41, 5.74) is 2.20. The zero-order valence-corrected chi connectivity index (χ0v) is 11.8. The number of aryl methyl sites for hydroxylation is 2. The van der Waals surface area contributed by atoms with E-state index in [1.165, 1.54) is 0 Å². The lowest BCUT2D eigenvalue weighted by Gasteiger charge is -2.05. The van der Waals surface area contributed by atoms with Crippen molar-refractivity contribution in [3.63, 3.8) is 0 Å². The summed E-state index contributed by atoms with van der Waals surface area (Å²) in [4.78, 5) is 4.45. The number of benzene rings is 1. The average molecular weight is 259 g/mol. The third kappa shape index (κ3) is 3.89. The predicted molar refractivity (Wildman–Crippen MR) is 75.9 cm³/mol. The van der Waals surface area contributed by atoms with Crippen molar-refractivity contribution in [2.45, 2.75) is 39.7 Å². The van der Waals surface area contributed by atoms with Crippen LogP contribution in [0.2, 0.25) is 0 Å². The van der Waals surface area contributed by atoms with E-state index in [-0.39, 0.29) is 0 Å². The van der Waals surface area contributed by atoms with Crippen molar-refractivity contribution in [2.24, 2.45) is 0 Å². The van der Waals surface area contributed by atoms with Crippen molar-refractivity contribution >= 4 is 0 Å². The molecule has 4 nitrogen and oxygen atoms in total. The van der Waals surface area contributed by atoms with Crippen molar-refractivity contribution in [1.29, 1.82) is 0 Å². The van der Waals surface area contributed by atoms with Crippen molar-refractivity contribution < 1.29 is 4.52 Å². The standard InChI is InChI=1S/C15H21N3O/c1-11(2)16-10-6-9-14-17-15(18-19-14)13-8-5-4-7-12(13)3/h4-5,7-8,11,16H,6,9-10H2,1-3H3. The fourth-order valence-corrected chi connectivity index (χ4v) is 1.92. The molecule has 102 valence electrons. The fraction of sp³-hybridized carbons (Fsp3) is 0.467. The first-order valence-corrected chi connectivity index (χ1v) is 6.79. The van der Waals surface area contributed by atoms with Crippen molar-refractivity contribution in [1.82, 2.24) is 15.5 Å². The highest BCUT2D eigenvalue weighted by Crippen LogP contribution is 2.19. The minimum atomic E-state index is 0.519. The van der Waals surface area contributed by atoms with Crippen LogP contribution < -0.4 is 5.32 Å². The van der Waals surface area contributed by atoms with Crippen LogP contribution in [0, 0.1) is 6.92 Å². The van der Waals surface area contributed by atoms with Gasteiger partial charge >= 0.3 is 0 Å². The van der Waals surface area contributed by atoms with Gasteiger partial charge in [-0.2, -0.15) is 4.98 Å². The molecule has 0 bridgehead atoms. The molecule has 1 heterocycles. The molecule has 0 aliphatic rings. The van der Waals surface area contributed by atoms with Crippen molar-refractivity contribution in [2.75, 3.05) is 6.54 Å². The molecule has 1 N–H and O–H groups in total. The second kappa shape index (κ2) is 6.48. The fourth-order valence-electron chi connectivity index (χ4n) is 1.92. The SMILES string of the molecule is Cc1ccccc1-c1noc(CCCNC(C)C)n1. The number of aromatic nitrogens is 2. The van der Waals surface area contributed by atoms with Crippen LogP contribution in [0.3, 0.4) is 0 Å². The van der Waals surface area contributed by atoms with Gasteiger partial charge in [0.15, 0.2) is 0 Å². The Morgan fingerprint density at radius 3 is 2.79 bits per heavy atom. The molecule has 0 unspecified atom stereocenters. The lowest BCUT2D eigenvalue weighted by Crippen LogP contribution is -2.23. The van der Waals surface area contributed by atoms with E-state index < -0.39 is 0 Å². The maximum atomic E-state index is 5.29. The van der Waals surface area contributed by atoms with E-state index in [1.54, 1.807) is 0 Å². The van der Waals surface area contributed by atoms with Crippen LogP contribution in [0.5, 0.6) is 0 Å². The zero-order chi connectivity index (χ0) is 13.7. The van der Waals surface area contributed by atoms with Gasteiger partial charge in [0.1, 0.15) is 0 Å². The minimum absolute atomic E-state index is 0.519. The Hall–Kier alpha value is -1.68. The molecule has 1 aromatic heterocycles. The zero-order valence-electron chi connectivity index (χ0n) is 11.8. The number of hydrogen-bond donors (Lipinski definition) is 1. The molecule has 0 saturated carbocycles. The van der Waals surface area contributed by atoms with Crippen LogP contribution in [0.25, 0.3) is 11.4 Å². The molecule has 2 aromatic rings. The second-order valence-electron chi connectivity index (χ2n) is 5.04. The van der Waals surface area contributed by atoms with Crippen LogP contribution in [-0.2, 0) is 6.42 Å². The molecular formula is C15H21N3O. The minimum Gasteiger partial charge on any atom is -0.339 e. The highest BCUT2D eigenvalue weighted by molar-refractivity contribution is 5.58. The van der Waals surface area contributed by atoms with Gasteiger partial charge in [-0.05, 0) is 25.5 Å². The van der Waals surface area contributed by atoms with Gasteiger partial charge < -0.3 is 9.84 Å². The van der Waals surface area contributed by atoms with Crippen LogP contribution in [0.1, 0.15) is 31.7 Å². The van der Waals surface area contributed by atoms with Crippen LogP contribution in [0.4, 0.5) is 0 Å². The van der Waals surface area contributed by atoms with Gasteiger partial charge in [-0.25, -0.2) is 0 Å². The van der Waals surface area contributed by atoms with Crippen molar-refractivity contribution in [3.05, 3.63) is 35.7 Å². The smallest absolute Gasteiger partial charge is 0.227 e. The van der Waals surface area contributed by atoms with Gasteiger partial charge in [-0.15, -0.1) is 0 Å². The van der Waals surface area contributed by atoms with Gasteiger partial charge in [-0.1, -0.05) is 43.3 Å². The number of rotatable bonds is 6. The molecule has 0 amide bonds. The summed E-state index contributed by atoms with van der Waals surface area (Å²) in [6, 6.07) is 8.59. The number of nitrogens with zero attached hydrogens (tertiary/aromatic N) is 2. The quantitative estimate of drug-likeness (QED) is 0.810. The third-order valence-electron chi connectivity index (χ3n) is 2.97. The number of nitrogens with one attached hydrogen (secondary N) is 1. The largest absolute Gasteiger partial charge is 0.339 e. The van der Waals surface area contributed by atoms with E-state index in [1.807, 2.05) is 18.2 Å². The molecule has 0 atom stereocenters. The predicted octanol–water partition coefficient (Wildman–Crippen LogP) is 2.98. The molecule has 0 spiro atoms. The molecule has 0 aliphatic carbocycles. The molecule has 2 rings (SSSR count). The summed E-state index contributed by atoms with van der Waals surface area (Å²) in [6.45, 7) is 7.31. The van der Waals surface area contributed by atoms with E-state index in [9.17, 15) is 0 Å². The molecule has 1 aromatic carbocycles. The van der Waals surface area contributed by atoms with Gasteiger partial charge in [0.05, 0.1) is 0 Å². The van der Waals surface area contributed by atoms with Crippen molar-refractivity contribution in [3.8, 4) is 11.4 Å². The van der Waals surface area contributed by atoms with E-state index in [4.69, 9.17) is 4.52 Å². The average Bonchev–Trinajstić information content (AvgIpc) is 2.83. The maximum Gasteiger partial charge on any atom is 0.227 e. The summed E-state index contributed by atoms with van der Waals surface area (Å²) in [5, 5.41) is 7.43. The lowest BCUT2D eigenvalue weighted by atomic mass is 10.1. The molecule has 19 heavy (non-hydrogen) atoms. The lowest BCUT2D eigenvalue weighted by molar-refractivity contribution is 0.374. The first kappa shape index (κ1) is 13.7. The topological polar surface area (TPSA) is 51.0 Å². The van der Waals surface area contributed by atoms with Crippen LogP contribution in [-0.4, -0.2) is 22.7 Å². The Labute approximate surface area is 114 Å². The molecule has 0 fully saturated rings. The van der Waals surface area contributed by atoms with E-state index in [2.05, 4.69) is 42.3 Å².